The van der Waals surface area contributed by atoms with Gasteiger partial charge >= 0.3 is 0 Å². The van der Waals surface area contributed by atoms with E-state index in [9.17, 15) is 5.11 Å². The molecule has 0 spiro atoms. The van der Waals surface area contributed by atoms with Crippen molar-refractivity contribution in [3.05, 3.63) is 53.9 Å². The van der Waals surface area contributed by atoms with Crippen LogP contribution in [0.5, 0.6) is 11.5 Å². The van der Waals surface area contributed by atoms with Gasteiger partial charge in [0.2, 0.25) is 0 Å². The number of benzene rings is 1. The lowest BCUT2D eigenvalue weighted by Gasteiger charge is -2.39. The predicted octanol–water partition coefficient (Wildman–Crippen LogP) is 2.77. The van der Waals surface area contributed by atoms with Gasteiger partial charge in [0.15, 0.2) is 11.5 Å². The Bertz CT molecular complexity index is 763. The third kappa shape index (κ3) is 5.92. The Labute approximate surface area is 174 Å². The minimum atomic E-state index is -0.544. The highest BCUT2D eigenvalue weighted by Gasteiger charge is 2.28. The summed E-state index contributed by atoms with van der Waals surface area (Å²) < 4.78 is 11.3. The van der Waals surface area contributed by atoms with Crippen molar-refractivity contribution in [1.29, 1.82) is 0 Å². The molecule has 0 aliphatic carbocycles. The maximum atomic E-state index is 10.2. The number of likely N-dealkylation sites (N-methyl/N-ethyl adjacent to an activating group) is 1. The smallest absolute Gasteiger partial charge is 0.161 e. The summed E-state index contributed by atoms with van der Waals surface area (Å²) in [7, 11) is 3.65. The summed E-state index contributed by atoms with van der Waals surface area (Å²) in [6.07, 6.45) is 3.24. The number of likely N-dealkylation sites (tertiary alicyclic amines) is 1. The van der Waals surface area contributed by atoms with Gasteiger partial charge in [-0.05, 0) is 50.2 Å². The molecule has 1 aromatic carbocycles. The van der Waals surface area contributed by atoms with Gasteiger partial charge < -0.3 is 19.5 Å². The molecule has 29 heavy (non-hydrogen) atoms. The molecule has 0 saturated carbocycles. The number of aliphatic hydroxyl groups excluding tert-OH is 1. The van der Waals surface area contributed by atoms with Crippen LogP contribution in [0.25, 0.3) is 0 Å². The molecule has 1 aromatic heterocycles. The number of ether oxygens (including phenoxy) is 2. The number of nitrogens with zero attached hydrogens (tertiary/aromatic N) is 3. The first-order valence-corrected chi connectivity index (χ1v) is 10.3. The normalized spacial score (nSPS) is 16.1. The molecule has 1 saturated heterocycles. The SMILES string of the molecule is COc1cc(CN2CC(c3cccnc3)C2)ccc1OC[C@H](O)CN(C)C(C)C. The zero-order valence-corrected chi connectivity index (χ0v) is 17.9. The van der Waals surface area contributed by atoms with Crippen LogP contribution in [0.1, 0.15) is 30.9 Å². The molecule has 3 rings (SSSR count). The van der Waals surface area contributed by atoms with Crippen LogP contribution < -0.4 is 9.47 Å². The highest BCUT2D eigenvalue weighted by Crippen LogP contribution is 2.31. The fourth-order valence-corrected chi connectivity index (χ4v) is 3.50. The van der Waals surface area contributed by atoms with E-state index in [4.69, 9.17) is 9.47 Å². The number of pyridine rings is 1. The molecular weight excluding hydrogens is 366 g/mol. The Kier molecular flexibility index (Phi) is 7.47. The maximum absolute atomic E-state index is 10.2. The molecule has 0 unspecified atom stereocenters. The van der Waals surface area contributed by atoms with Crippen LogP contribution in [0.2, 0.25) is 0 Å². The highest BCUT2D eigenvalue weighted by molar-refractivity contribution is 5.43. The Morgan fingerprint density at radius 2 is 2.03 bits per heavy atom. The molecule has 6 heteroatoms. The average Bonchev–Trinajstić information content (AvgIpc) is 2.69. The van der Waals surface area contributed by atoms with Crippen LogP contribution in [0, 0.1) is 0 Å². The van der Waals surface area contributed by atoms with Gasteiger partial charge in [-0.25, -0.2) is 0 Å². The Balaban J connectivity index is 1.50. The lowest BCUT2D eigenvalue weighted by atomic mass is 9.92. The lowest BCUT2D eigenvalue weighted by molar-refractivity contribution is 0.0668. The van der Waals surface area contributed by atoms with Gasteiger partial charge in [-0.1, -0.05) is 12.1 Å². The van der Waals surface area contributed by atoms with E-state index in [-0.39, 0.29) is 6.61 Å². The number of aromatic nitrogens is 1. The molecule has 1 aliphatic rings. The van der Waals surface area contributed by atoms with Crippen molar-refractivity contribution in [3.8, 4) is 11.5 Å². The van der Waals surface area contributed by atoms with Gasteiger partial charge in [0, 0.05) is 50.5 Å². The minimum Gasteiger partial charge on any atom is -0.493 e. The number of hydrogen-bond acceptors (Lipinski definition) is 6. The highest BCUT2D eigenvalue weighted by atomic mass is 16.5. The van der Waals surface area contributed by atoms with Gasteiger partial charge in [0.1, 0.15) is 12.7 Å². The lowest BCUT2D eigenvalue weighted by Crippen LogP contribution is -2.44. The summed E-state index contributed by atoms with van der Waals surface area (Å²) in [6.45, 7) is 7.99. The summed E-state index contributed by atoms with van der Waals surface area (Å²) in [5, 5.41) is 10.2. The molecule has 1 N–H and O–H groups in total. The number of rotatable bonds is 10. The average molecular weight is 400 g/mol. The first-order valence-electron chi connectivity index (χ1n) is 10.3. The van der Waals surface area contributed by atoms with E-state index >= 15 is 0 Å². The van der Waals surface area contributed by atoms with Crippen molar-refractivity contribution in [2.24, 2.45) is 0 Å². The summed E-state index contributed by atoms with van der Waals surface area (Å²) in [4.78, 5) is 8.73. The van der Waals surface area contributed by atoms with Gasteiger partial charge in [-0.15, -0.1) is 0 Å². The Morgan fingerprint density at radius 3 is 2.69 bits per heavy atom. The molecular formula is C23H33N3O3. The monoisotopic (exact) mass is 399 g/mol. The summed E-state index contributed by atoms with van der Waals surface area (Å²) in [5.74, 6) is 1.94. The van der Waals surface area contributed by atoms with Crippen LogP contribution in [0.3, 0.4) is 0 Å². The minimum absolute atomic E-state index is 0.242. The summed E-state index contributed by atoms with van der Waals surface area (Å²) in [6, 6.07) is 10.6. The molecule has 0 radical (unpaired) electrons. The predicted molar refractivity (Wildman–Crippen MR) is 115 cm³/mol. The van der Waals surface area contributed by atoms with E-state index < -0.39 is 6.10 Å². The van der Waals surface area contributed by atoms with E-state index in [0.717, 1.165) is 19.6 Å². The summed E-state index contributed by atoms with van der Waals surface area (Å²) >= 11 is 0. The fourth-order valence-electron chi connectivity index (χ4n) is 3.50. The molecule has 2 heterocycles. The van der Waals surface area contributed by atoms with Crippen molar-refractivity contribution in [2.75, 3.05) is 40.4 Å². The van der Waals surface area contributed by atoms with Crippen LogP contribution in [-0.4, -0.2) is 72.4 Å². The van der Waals surface area contributed by atoms with Crippen LogP contribution in [0.15, 0.2) is 42.7 Å². The van der Waals surface area contributed by atoms with Crippen LogP contribution in [0.4, 0.5) is 0 Å². The molecule has 1 atom stereocenters. The number of hydrogen-bond donors (Lipinski definition) is 1. The standard InChI is InChI=1S/C23H33N3O3/c1-17(2)25(3)15-21(27)16-29-22-8-7-18(10-23(22)28-4)12-26-13-20(14-26)19-6-5-9-24-11-19/h5-11,17,20-21,27H,12-16H2,1-4H3/t21-/m1/s1. The number of aliphatic hydroxyl groups is 1. The second-order valence-electron chi connectivity index (χ2n) is 8.16. The van der Waals surface area contributed by atoms with E-state index in [2.05, 4.69) is 40.8 Å². The summed E-state index contributed by atoms with van der Waals surface area (Å²) in [5.41, 5.74) is 2.51. The maximum Gasteiger partial charge on any atom is 0.161 e. The molecule has 0 amide bonds. The van der Waals surface area contributed by atoms with Gasteiger partial charge in [0.25, 0.3) is 0 Å². The van der Waals surface area contributed by atoms with E-state index in [1.807, 2.05) is 37.6 Å². The van der Waals surface area contributed by atoms with Gasteiger partial charge in [0.05, 0.1) is 7.11 Å². The first kappa shape index (κ1) is 21.6. The van der Waals surface area contributed by atoms with E-state index in [1.54, 1.807) is 7.11 Å². The van der Waals surface area contributed by atoms with Crippen molar-refractivity contribution in [2.45, 2.75) is 38.5 Å². The fraction of sp³-hybridized carbons (Fsp3) is 0.522. The zero-order chi connectivity index (χ0) is 20.8. The first-order chi connectivity index (χ1) is 14.0. The molecule has 0 bridgehead atoms. The van der Waals surface area contributed by atoms with Crippen molar-refractivity contribution in [1.82, 2.24) is 14.8 Å². The third-order valence-electron chi connectivity index (χ3n) is 5.56. The zero-order valence-electron chi connectivity index (χ0n) is 17.9. The largest absolute Gasteiger partial charge is 0.493 e. The van der Waals surface area contributed by atoms with E-state index in [1.165, 1.54) is 11.1 Å². The molecule has 1 fully saturated rings. The van der Waals surface area contributed by atoms with Crippen LogP contribution in [-0.2, 0) is 6.54 Å². The van der Waals surface area contributed by atoms with Gasteiger partial charge in [-0.2, -0.15) is 0 Å². The third-order valence-corrected chi connectivity index (χ3v) is 5.56. The Hall–Kier alpha value is -2.15. The van der Waals surface area contributed by atoms with Crippen LogP contribution >= 0.6 is 0 Å². The second kappa shape index (κ2) is 10.1. The molecule has 1 aliphatic heterocycles. The second-order valence-corrected chi connectivity index (χ2v) is 8.16. The molecule has 6 nitrogen and oxygen atoms in total. The van der Waals surface area contributed by atoms with Gasteiger partial charge in [-0.3, -0.25) is 9.88 Å². The van der Waals surface area contributed by atoms with E-state index in [0.29, 0.717) is 30.0 Å². The molecule has 158 valence electrons. The quantitative estimate of drug-likeness (QED) is 0.663. The van der Waals surface area contributed by atoms with Crippen molar-refractivity contribution in [3.63, 3.8) is 0 Å². The topological polar surface area (TPSA) is 58.1 Å². The number of methoxy groups -OCH3 is 1. The Morgan fingerprint density at radius 1 is 1.24 bits per heavy atom. The molecule has 2 aromatic rings. The van der Waals surface area contributed by atoms with Crippen molar-refractivity contribution >= 4 is 0 Å². The van der Waals surface area contributed by atoms with Crippen molar-refractivity contribution < 1.29 is 14.6 Å².